The molecule has 0 radical (unpaired) electrons. The number of likely N-dealkylation sites (N-methyl/N-ethyl adjacent to an activating group) is 1. The minimum Gasteiger partial charge on any atom is -0.302 e. The van der Waals surface area contributed by atoms with Gasteiger partial charge in [0.15, 0.2) is 0 Å². The molecule has 0 amide bonds. The number of hydrogen-bond acceptors (Lipinski definition) is 4. The third-order valence-corrected chi connectivity index (χ3v) is 5.94. The van der Waals surface area contributed by atoms with Crippen molar-refractivity contribution in [1.29, 1.82) is 0 Å². The van der Waals surface area contributed by atoms with Crippen LogP contribution in [0.25, 0.3) is 10.9 Å². The van der Waals surface area contributed by atoms with E-state index in [2.05, 4.69) is 39.6 Å². The molecule has 0 aliphatic carbocycles. The molecule has 142 valence electrons. The topological polar surface area (TPSA) is 41.4 Å². The van der Waals surface area contributed by atoms with Gasteiger partial charge in [-0.05, 0) is 44.1 Å². The van der Waals surface area contributed by atoms with Gasteiger partial charge in [-0.15, -0.1) is 0 Å². The van der Waals surface area contributed by atoms with Crippen LogP contribution in [0.4, 0.5) is 0 Å². The van der Waals surface area contributed by atoms with Crippen LogP contribution in [0.5, 0.6) is 0 Å². The van der Waals surface area contributed by atoms with E-state index < -0.39 is 0 Å². The Kier molecular flexibility index (Phi) is 6.48. The first-order chi connectivity index (χ1) is 12.5. The zero-order valence-corrected chi connectivity index (χ0v) is 17.6. The number of fused-ring (bicyclic) bond motifs is 1. The van der Waals surface area contributed by atoms with Crippen molar-refractivity contribution in [3.8, 4) is 0 Å². The fraction of sp³-hybridized carbons (Fsp3) is 0.600. The van der Waals surface area contributed by atoms with Crippen molar-refractivity contribution in [2.24, 2.45) is 7.05 Å². The van der Waals surface area contributed by atoms with E-state index in [0.717, 1.165) is 61.4 Å². The van der Waals surface area contributed by atoms with Gasteiger partial charge >= 0.3 is 0 Å². The molecule has 1 aliphatic heterocycles. The van der Waals surface area contributed by atoms with Crippen LogP contribution in [-0.2, 0) is 7.05 Å². The zero-order chi connectivity index (χ0) is 18.7. The first kappa shape index (κ1) is 19.5. The lowest BCUT2D eigenvalue weighted by Crippen LogP contribution is -2.37. The molecule has 0 saturated carbocycles. The van der Waals surface area contributed by atoms with Crippen molar-refractivity contribution >= 4 is 26.8 Å². The van der Waals surface area contributed by atoms with Crippen molar-refractivity contribution in [1.82, 2.24) is 19.4 Å². The van der Waals surface area contributed by atoms with E-state index in [0.29, 0.717) is 5.39 Å². The van der Waals surface area contributed by atoms with Crippen LogP contribution in [0.1, 0.15) is 45.0 Å². The Hall–Kier alpha value is -1.24. The summed E-state index contributed by atoms with van der Waals surface area (Å²) in [6, 6.07) is 5.96. The molecule has 0 spiro atoms. The first-order valence-electron chi connectivity index (χ1n) is 9.67. The van der Waals surface area contributed by atoms with Gasteiger partial charge in [-0.3, -0.25) is 14.3 Å². The van der Waals surface area contributed by atoms with Gasteiger partial charge in [0.1, 0.15) is 5.82 Å². The lowest BCUT2D eigenvalue weighted by Gasteiger charge is -2.31. The Morgan fingerprint density at radius 1 is 1.19 bits per heavy atom. The maximum Gasteiger partial charge on any atom is 0.261 e. The molecule has 1 atom stereocenters. The summed E-state index contributed by atoms with van der Waals surface area (Å²) in [6.45, 7) is 9.89. The Morgan fingerprint density at radius 3 is 2.73 bits per heavy atom. The van der Waals surface area contributed by atoms with E-state index in [1.807, 2.05) is 25.2 Å². The highest BCUT2D eigenvalue weighted by Gasteiger charge is 2.26. The molecule has 1 unspecified atom stereocenters. The number of benzene rings is 1. The predicted molar refractivity (Wildman–Crippen MR) is 111 cm³/mol. The Labute approximate surface area is 164 Å². The molecule has 26 heavy (non-hydrogen) atoms. The summed E-state index contributed by atoms with van der Waals surface area (Å²) in [6.07, 6.45) is 3.27. The maximum atomic E-state index is 12.9. The van der Waals surface area contributed by atoms with Crippen LogP contribution in [0.3, 0.4) is 0 Å². The normalized spacial score (nSPS) is 18.2. The summed E-state index contributed by atoms with van der Waals surface area (Å²) in [5, 5.41) is 0.675. The largest absolute Gasteiger partial charge is 0.302 e. The van der Waals surface area contributed by atoms with Crippen molar-refractivity contribution in [3.63, 3.8) is 0 Å². The molecule has 1 aromatic heterocycles. The lowest BCUT2D eigenvalue weighted by molar-refractivity contribution is 0.179. The van der Waals surface area contributed by atoms with Gasteiger partial charge in [0.25, 0.3) is 5.56 Å². The van der Waals surface area contributed by atoms with E-state index >= 15 is 0 Å². The Morgan fingerprint density at radius 2 is 2.00 bits per heavy atom. The van der Waals surface area contributed by atoms with Gasteiger partial charge < -0.3 is 4.90 Å². The van der Waals surface area contributed by atoms with Gasteiger partial charge in [-0.1, -0.05) is 36.2 Å². The van der Waals surface area contributed by atoms with Crippen LogP contribution in [0.2, 0.25) is 0 Å². The second-order valence-corrected chi connectivity index (χ2v) is 8.04. The van der Waals surface area contributed by atoms with Gasteiger partial charge in [-0.2, -0.15) is 0 Å². The minimum absolute atomic E-state index is 0.0393. The van der Waals surface area contributed by atoms with Crippen LogP contribution in [0, 0.1) is 0 Å². The molecule has 1 aromatic carbocycles. The smallest absolute Gasteiger partial charge is 0.261 e. The number of nitrogens with zero attached hydrogens (tertiary/aromatic N) is 4. The number of rotatable bonds is 5. The van der Waals surface area contributed by atoms with Crippen LogP contribution in [0.15, 0.2) is 27.5 Å². The van der Waals surface area contributed by atoms with Crippen molar-refractivity contribution in [2.45, 2.75) is 39.2 Å². The summed E-state index contributed by atoms with van der Waals surface area (Å²) >= 11 is 3.46. The average molecular weight is 421 g/mol. The SMILES string of the molecule is CCCC(c1nc2ccc(Br)cc2c(=O)n1C)N1CCCN(CC)CC1. The quantitative estimate of drug-likeness (QED) is 0.741. The van der Waals surface area contributed by atoms with E-state index in [-0.39, 0.29) is 11.6 Å². The third-order valence-electron chi connectivity index (χ3n) is 5.44. The number of aromatic nitrogens is 2. The molecular formula is C20H29BrN4O. The summed E-state index contributed by atoms with van der Waals surface area (Å²) in [7, 11) is 1.86. The molecule has 0 bridgehead atoms. The highest BCUT2D eigenvalue weighted by Crippen LogP contribution is 2.26. The average Bonchev–Trinajstić information content (AvgIpc) is 2.89. The lowest BCUT2D eigenvalue weighted by atomic mass is 10.1. The minimum atomic E-state index is 0.0393. The summed E-state index contributed by atoms with van der Waals surface area (Å²) in [4.78, 5) is 22.9. The van der Waals surface area contributed by atoms with E-state index in [4.69, 9.17) is 4.98 Å². The van der Waals surface area contributed by atoms with Gasteiger partial charge in [0.05, 0.1) is 16.9 Å². The summed E-state index contributed by atoms with van der Waals surface area (Å²) in [5.74, 6) is 0.900. The maximum absolute atomic E-state index is 12.9. The molecule has 6 heteroatoms. The van der Waals surface area contributed by atoms with Crippen LogP contribution in [-0.4, -0.2) is 52.1 Å². The number of hydrogen-bond donors (Lipinski definition) is 0. The van der Waals surface area contributed by atoms with Crippen molar-refractivity contribution in [2.75, 3.05) is 32.7 Å². The number of halogens is 1. The van der Waals surface area contributed by atoms with Crippen molar-refractivity contribution < 1.29 is 0 Å². The van der Waals surface area contributed by atoms with Crippen molar-refractivity contribution in [3.05, 3.63) is 38.9 Å². The van der Waals surface area contributed by atoms with Crippen LogP contribution >= 0.6 is 15.9 Å². The summed E-state index contributed by atoms with van der Waals surface area (Å²) < 4.78 is 2.67. The van der Waals surface area contributed by atoms with Gasteiger partial charge in [-0.25, -0.2) is 4.98 Å². The predicted octanol–water partition coefficient (Wildman–Crippen LogP) is 3.56. The van der Waals surface area contributed by atoms with E-state index in [1.54, 1.807) is 4.57 Å². The molecule has 0 N–H and O–H groups in total. The van der Waals surface area contributed by atoms with E-state index in [9.17, 15) is 4.79 Å². The Bertz CT molecular complexity index is 819. The van der Waals surface area contributed by atoms with Gasteiger partial charge in [0.2, 0.25) is 0 Å². The molecule has 1 fully saturated rings. The second kappa shape index (κ2) is 8.63. The second-order valence-electron chi connectivity index (χ2n) is 7.12. The molecule has 1 aliphatic rings. The fourth-order valence-corrected chi connectivity index (χ4v) is 4.29. The molecular weight excluding hydrogens is 392 g/mol. The Balaban J connectivity index is 2.01. The van der Waals surface area contributed by atoms with Crippen LogP contribution < -0.4 is 5.56 Å². The molecule has 3 rings (SSSR count). The highest BCUT2D eigenvalue weighted by atomic mass is 79.9. The zero-order valence-electron chi connectivity index (χ0n) is 16.0. The monoisotopic (exact) mass is 420 g/mol. The van der Waals surface area contributed by atoms with Gasteiger partial charge in [0, 0.05) is 31.2 Å². The first-order valence-corrected chi connectivity index (χ1v) is 10.5. The highest BCUT2D eigenvalue weighted by molar-refractivity contribution is 9.10. The molecule has 1 saturated heterocycles. The standard InChI is InChI=1S/C20H29BrN4O/c1-4-7-18(25-11-6-10-24(5-2)12-13-25)19-22-17-9-8-15(21)14-16(17)20(26)23(19)3/h8-9,14,18H,4-7,10-13H2,1-3H3. The summed E-state index contributed by atoms with van der Waals surface area (Å²) in [5.41, 5.74) is 0.829. The molecule has 2 heterocycles. The third kappa shape index (κ3) is 4.02. The molecule has 2 aromatic rings. The fourth-order valence-electron chi connectivity index (χ4n) is 3.93. The van der Waals surface area contributed by atoms with E-state index in [1.165, 1.54) is 6.42 Å². The molecule has 5 nitrogen and oxygen atoms in total.